The number of rotatable bonds is 5. The molecule has 0 bridgehead atoms. The number of anilines is 2. The zero-order valence-corrected chi connectivity index (χ0v) is 16.0. The molecule has 4 rings (SSSR count). The van der Waals surface area contributed by atoms with E-state index in [0.717, 1.165) is 11.3 Å². The molecule has 144 valence electrons. The second-order valence-corrected chi connectivity index (χ2v) is 6.93. The fourth-order valence-corrected chi connectivity index (χ4v) is 3.63. The van der Waals surface area contributed by atoms with Crippen molar-refractivity contribution < 1.29 is 9.59 Å². The molecule has 0 spiro atoms. The lowest BCUT2D eigenvalue weighted by atomic mass is 9.86. The molecule has 1 N–H and O–H groups in total. The van der Waals surface area contributed by atoms with Crippen LogP contribution in [0.3, 0.4) is 0 Å². The number of benzene rings is 3. The Bertz CT molecular complexity index is 1030. The molecule has 1 aliphatic rings. The molecular weight excluding hydrogens is 362 g/mol. The molecule has 1 amide bonds. The monoisotopic (exact) mass is 383 g/mol. The van der Waals surface area contributed by atoms with Gasteiger partial charge in [-0.3, -0.25) is 14.6 Å². The number of carbonyl (C=O) groups excluding carboxylic acids is 2. The van der Waals surface area contributed by atoms with Gasteiger partial charge in [0.1, 0.15) is 11.5 Å². The number of nitrogens with one attached hydrogen (secondary N) is 1. The molecular formula is C24H21N3O2. The first-order valence-corrected chi connectivity index (χ1v) is 9.50. The van der Waals surface area contributed by atoms with Crippen molar-refractivity contribution in [1.82, 2.24) is 0 Å². The number of nitrogens with zero attached hydrogens (tertiary/aromatic N) is 2. The van der Waals surface area contributed by atoms with E-state index in [0.29, 0.717) is 5.69 Å². The molecule has 0 saturated heterocycles. The molecule has 0 radical (unpaired) electrons. The zero-order valence-electron chi connectivity index (χ0n) is 16.0. The summed E-state index contributed by atoms with van der Waals surface area (Å²) in [5.74, 6) is -1.13. The van der Waals surface area contributed by atoms with Gasteiger partial charge >= 0.3 is 0 Å². The Morgan fingerprint density at radius 2 is 1.38 bits per heavy atom. The van der Waals surface area contributed by atoms with E-state index in [1.807, 2.05) is 78.9 Å². The molecule has 5 nitrogen and oxygen atoms in total. The zero-order chi connectivity index (χ0) is 20.2. The molecule has 29 heavy (non-hydrogen) atoms. The van der Waals surface area contributed by atoms with Gasteiger partial charge in [-0.25, -0.2) is 0 Å². The van der Waals surface area contributed by atoms with Gasteiger partial charge in [0.05, 0.1) is 17.6 Å². The van der Waals surface area contributed by atoms with Crippen molar-refractivity contribution in [2.75, 3.05) is 10.3 Å². The first kappa shape index (κ1) is 18.6. The average Bonchev–Trinajstić information content (AvgIpc) is 3.17. The number of hydrogen-bond acceptors (Lipinski definition) is 4. The molecule has 2 atom stereocenters. The van der Waals surface area contributed by atoms with Crippen LogP contribution in [0.5, 0.6) is 0 Å². The van der Waals surface area contributed by atoms with Gasteiger partial charge < -0.3 is 5.32 Å². The predicted molar refractivity (Wildman–Crippen MR) is 115 cm³/mol. The summed E-state index contributed by atoms with van der Waals surface area (Å²) < 4.78 is 0. The summed E-state index contributed by atoms with van der Waals surface area (Å²) >= 11 is 0. The van der Waals surface area contributed by atoms with Gasteiger partial charge in [-0.2, -0.15) is 5.10 Å². The number of amides is 1. The molecule has 2 unspecified atom stereocenters. The molecule has 0 aliphatic carbocycles. The lowest BCUT2D eigenvalue weighted by Crippen LogP contribution is -2.35. The molecule has 0 fully saturated rings. The Morgan fingerprint density at radius 1 is 0.828 bits per heavy atom. The van der Waals surface area contributed by atoms with E-state index in [-0.39, 0.29) is 23.4 Å². The highest BCUT2D eigenvalue weighted by Gasteiger charge is 2.44. The summed E-state index contributed by atoms with van der Waals surface area (Å²) in [6.07, 6.45) is 0. The van der Waals surface area contributed by atoms with Crippen LogP contribution in [-0.4, -0.2) is 17.4 Å². The molecule has 1 heterocycles. The van der Waals surface area contributed by atoms with Crippen LogP contribution in [0.4, 0.5) is 11.4 Å². The van der Waals surface area contributed by atoms with Crippen LogP contribution in [0, 0.1) is 5.92 Å². The van der Waals surface area contributed by atoms with E-state index in [4.69, 9.17) is 0 Å². The second kappa shape index (κ2) is 8.10. The minimum Gasteiger partial charge on any atom is -0.321 e. The van der Waals surface area contributed by atoms with Crippen molar-refractivity contribution in [3.63, 3.8) is 0 Å². The van der Waals surface area contributed by atoms with Crippen molar-refractivity contribution in [3.05, 3.63) is 96.6 Å². The Kier molecular flexibility index (Phi) is 5.20. The standard InChI is InChI=1S/C24H21N3O2/c1-17(28)21-22(24(29)25-19-13-7-3-8-14-19)26-27(20-15-9-4-10-16-20)23(21)18-11-5-2-6-12-18/h2-16,21,23H,1H3,(H,25,29). The number of hydrogen-bond donors (Lipinski definition) is 1. The van der Waals surface area contributed by atoms with Crippen LogP contribution in [0.1, 0.15) is 18.5 Å². The number of ketones is 1. The molecule has 3 aromatic rings. The first-order valence-electron chi connectivity index (χ1n) is 9.50. The third kappa shape index (κ3) is 3.80. The first-order chi connectivity index (χ1) is 14.1. The van der Waals surface area contributed by atoms with Gasteiger partial charge in [-0.05, 0) is 36.8 Å². The quantitative estimate of drug-likeness (QED) is 0.708. The SMILES string of the molecule is CC(=O)C1C(C(=O)Nc2ccccc2)=NN(c2ccccc2)C1c1ccccc1. The van der Waals surface area contributed by atoms with E-state index in [9.17, 15) is 9.59 Å². The van der Waals surface area contributed by atoms with Crippen LogP contribution < -0.4 is 10.3 Å². The van der Waals surface area contributed by atoms with E-state index in [1.165, 1.54) is 6.92 Å². The fourth-order valence-electron chi connectivity index (χ4n) is 3.63. The third-order valence-corrected chi connectivity index (χ3v) is 4.95. The maximum absolute atomic E-state index is 13.1. The summed E-state index contributed by atoms with van der Waals surface area (Å²) in [4.78, 5) is 25.7. The number of para-hydroxylation sites is 2. The average molecular weight is 383 g/mol. The molecule has 0 saturated carbocycles. The van der Waals surface area contributed by atoms with E-state index >= 15 is 0 Å². The lowest BCUT2D eigenvalue weighted by Gasteiger charge is -2.27. The van der Waals surface area contributed by atoms with Gasteiger partial charge in [0, 0.05) is 5.69 Å². The fraction of sp³-hybridized carbons (Fsp3) is 0.125. The summed E-state index contributed by atoms with van der Waals surface area (Å²) in [6, 6.07) is 28.1. The van der Waals surface area contributed by atoms with Crippen molar-refractivity contribution >= 4 is 28.8 Å². The van der Waals surface area contributed by atoms with E-state index in [1.54, 1.807) is 17.1 Å². The Labute approximate surface area is 169 Å². The topological polar surface area (TPSA) is 61.8 Å². The Balaban J connectivity index is 1.77. The largest absolute Gasteiger partial charge is 0.321 e. The minimum absolute atomic E-state index is 0.0979. The highest BCUT2D eigenvalue weighted by Crippen LogP contribution is 2.39. The van der Waals surface area contributed by atoms with Gasteiger partial charge in [-0.1, -0.05) is 66.7 Å². The second-order valence-electron chi connectivity index (χ2n) is 6.93. The number of Topliss-reactive ketones (excluding diaryl/α,β-unsaturated/α-hetero) is 1. The molecule has 5 heteroatoms. The van der Waals surface area contributed by atoms with E-state index < -0.39 is 5.92 Å². The van der Waals surface area contributed by atoms with Crippen molar-refractivity contribution in [1.29, 1.82) is 0 Å². The van der Waals surface area contributed by atoms with Crippen molar-refractivity contribution in [2.24, 2.45) is 11.0 Å². The minimum atomic E-state index is -0.665. The van der Waals surface area contributed by atoms with Crippen LogP contribution >= 0.6 is 0 Å². The van der Waals surface area contributed by atoms with Crippen LogP contribution in [-0.2, 0) is 9.59 Å². The maximum Gasteiger partial charge on any atom is 0.272 e. The van der Waals surface area contributed by atoms with E-state index in [2.05, 4.69) is 10.4 Å². The molecule has 1 aliphatic heterocycles. The van der Waals surface area contributed by atoms with Crippen molar-refractivity contribution in [2.45, 2.75) is 13.0 Å². The predicted octanol–water partition coefficient (Wildman–Crippen LogP) is 4.45. The van der Waals surface area contributed by atoms with Crippen molar-refractivity contribution in [3.8, 4) is 0 Å². The Morgan fingerprint density at radius 3 is 1.97 bits per heavy atom. The highest BCUT2D eigenvalue weighted by atomic mass is 16.2. The van der Waals surface area contributed by atoms with Gasteiger partial charge in [0.15, 0.2) is 0 Å². The third-order valence-electron chi connectivity index (χ3n) is 4.95. The molecule has 3 aromatic carbocycles. The van der Waals surface area contributed by atoms with Gasteiger partial charge in [-0.15, -0.1) is 0 Å². The van der Waals surface area contributed by atoms with Gasteiger partial charge in [0.25, 0.3) is 5.91 Å². The summed E-state index contributed by atoms with van der Waals surface area (Å²) in [5, 5.41) is 9.28. The van der Waals surface area contributed by atoms with Crippen LogP contribution in [0.2, 0.25) is 0 Å². The summed E-state index contributed by atoms with van der Waals surface area (Å²) in [6.45, 7) is 1.51. The lowest BCUT2D eigenvalue weighted by molar-refractivity contribution is -0.120. The number of carbonyl (C=O) groups is 2. The maximum atomic E-state index is 13.1. The smallest absolute Gasteiger partial charge is 0.272 e. The highest BCUT2D eigenvalue weighted by molar-refractivity contribution is 6.47. The summed E-state index contributed by atoms with van der Waals surface area (Å²) in [5.41, 5.74) is 2.65. The van der Waals surface area contributed by atoms with Crippen LogP contribution in [0.25, 0.3) is 0 Å². The number of hydrazone groups is 1. The Hall–Kier alpha value is -3.73. The summed E-state index contributed by atoms with van der Waals surface area (Å²) in [7, 11) is 0. The molecule has 0 aromatic heterocycles. The normalized spacial score (nSPS) is 18.2. The van der Waals surface area contributed by atoms with Gasteiger partial charge in [0.2, 0.25) is 0 Å². The van der Waals surface area contributed by atoms with Crippen LogP contribution in [0.15, 0.2) is 96.1 Å².